The van der Waals surface area contributed by atoms with Gasteiger partial charge in [0.15, 0.2) is 5.60 Å². The van der Waals surface area contributed by atoms with Gasteiger partial charge in [-0.1, -0.05) is 23.8 Å². The van der Waals surface area contributed by atoms with Crippen molar-refractivity contribution in [2.45, 2.75) is 12.0 Å². The summed E-state index contributed by atoms with van der Waals surface area (Å²) in [6, 6.07) is 5.95. The van der Waals surface area contributed by atoms with Gasteiger partial charge in [0.25, 0.3) is 0 Å². The van der Waals surface area contributed by atoms with Crippen molar-refractivity contribution in [2.24, 2.45) is 0 Å². The standard InChI is InChI=1S/C17H14ClNO2/c1-20-11-4-5-13-12(10-11)15-14(19-13)6-8-17(16(15)18)7-2-3-9-21-17/h2-7,9-10,19H,8H2,1H3. The average Bonchev–Trinajstić information content (AvgIpc) is 2.90. The van der Waals surface area contributed by atoms with Gasteiger partial charge in [-0.05, 0) is 30.4 Å². The average molecular weight is 300 g/mol. The monoisotopic (exact) mass is 299 g/mol. The van der Waals surface area contributed by atoms with E-state index in [-0.39, 0.29) is 0 Å². The van der Waals surface area contributed by atoms with E-state index in [9.17, 15) is 0 Å². The van der Waals surface area contributed by atoms with Gasteiger partial charge in [-0.2, -0.15) is 0 Å². The first-order chi connectivity index (χ1) is 10.2. The third kappa shape index (κ3) is 1.74. The maximum absolute atomic E-state index is 6.72. The molecule has 2 aromatic rings. The largest absolute Gasteiger partial charge is 0.497 e. The lowest BCUT2D eigenvalue weighted by atomic mass is 9.92. The molecule has 0 saturated heterocycles. The lowest BCUT2D eigenvalue weighted by Gasteiger charge is -2.31. The Hall–Kier alpha value is -2.13. The minimum Gasteiger partial charge on any atom is -0.497 e. The van der Waals surface area contributed by atoms with Crippen LogP contribution in [0.2, 0.25) is 0 Å². The van der Waals surface area contributed by atoms with Crippen LogP contribution in [0.3, 0.4) is 0 Å². The maximum Gasteiger partial charge on any atom is 0.166 e. The molecule has 0 bridgehead atoms. The van der Waals surface area contributed by atoms with Crippen LogP contribution in [0.15, 0.2) is 42.7 Å². The summed E-state index contributed by atoms with van der Waals surface area (Å²) in [6.07, 6.45) is 10.4. The molecule has 21 heavy (non-hydrogen) atoms. The molecule has 1 N–H and O–H groups in total. The summed E-state index contributed by atoms with van der Waals surface area (Å²) in [5, 5.41) is 3.80. The first-order valence-electron chi connectivity index (χ1n) is 6.82. The Balaban J connectivity index is 2.08. The predicted molar refractivity (Wildman–Crippen MR) is 84.5 cm³/mol. The summed E-state index contributed by atoms with van der Waals surface area (Å²) in [6.45, 7) is 0. The van der Waals surface area contributed by atoms with Crippen molar-refractivity contribution in [3.8, 4) is 5.75 Å². The van der Waals surface area contributed by atoms with E-state index in [1.807, 2.05) is 36.4 Å². The summed E-state index contributed by atoms with van der Waals surface area (Å²) < 4.78 is 11.2. The summed E-state index contributed by atoms with van der Waals surface area (Å²) in [4.78, 5) is 3.41. The number of hydrogen-bond donors (Lipinski definition) is 1. The zero-order valence-electron chi connectivity index (χ0n) is 11.5. The molecule has 106 valence electrons. The number of hydrogen-bond acceptors (Lipinski definition) is 2. The van der Waals surface area contributed by atoms with Crippen LogP contribution in [-0.2, 0) is 4.74 Å². The third-order valence-electron chi connectivity index (χ3n) is 4.07. The van der Waals surface area contributed by atoms with Crippen molar-refractivity contribution in [1.82, 2.24) is 4.98 Å². The molecule has 2 aliphatic rings. The van der Waals surface area contributed by atoms with Gasteiger partial charge in [0.05, 0.1) is 18.4 Å². The van der Waals surface area contributed by atoms with Crippen molar-refractivity contribution in [2.75, 3.05) is 7.11 Å². The molecule has 0 saturated carbocycles. The van der Waals surface area contributed by atoms with Crippen LogP contribution < -0.4 is 15.3 Å². The second kappa shape index (κ2) is 4.43. The van der Waals surface area contributed by atoms with E-state index in [4.69, 9.17) is 21.1 Å². The number of rotatable bonds is 1. The van der Waals surface area contributed by atoms with E-state index in [1.165, 1.54) is 0 Å². The number of halogens is 1. The van der Waals surface area contributed by atoms with Gasteiger partial charge in [0.2, 0.25) is 0 Å². The predicted octanol–water partition coefficient (Wildman–Crippen LogP) is 2.55. The Morgan fingerprint density at radius 3 is 3.00 bits per heavy atom. The van der Waals surface area contributed by atoms with Crippen LogP contribution in [0.1, 0.15) is 6.42 Å². The van der Waals surface area contributed by atoms with Crippen molar-refractivity contribution in [3.05, 3.63) is 53.3 Å². The molecule has 0 amide bonds. The quantitative estimate of drug-likeness (QED) is 0.878. The minimum atomic E-state index is -0.582. The van der Waals surface area contributed by atoms with Crippen molar-refractivity contribution in [1.29, 1.82) is 0 Å². The number of nitrogens with one attached hydrogen (secondary N) is 1. The van der Waals surface area contributed by atoms with Gasteiger partial charge < -0.3 is 14.5 Å². The van der Waals surface area contributed by atoms with Gasteiger partial charge in [-0.15, -0.1) is 0 Å². The zero-order valence-corrected chi connectivity index (χ0v) is 12.3. The third-order valence-corrected chi connectivity index (χ3v) is 4.58. The normalized spacial score (nSPS) is 23.0. The van der Waals surface area contributed by atoms with Gasteiger partial charge >= 0.3 is 0 Å². The smallest absolute Gasteiger partial charge is 0.166 e. The molecule has 1 atom stereocenters. The van der Waals surface area contributed by atoms with E-state index < -0.39 is 5.60 Å². The van der Waals surface area contributed by atoms with Crippen LogP contribution in [0.5, 0.6) is 5.75 Å². The number of ether oxygens (including phenoxy) is 2. The molecule has 1 aromatic carbocycles. The molecule has 0 fully saturated rings. The minimum absolute atomic E-state index is 0.582. The Labute approximate surface area is 126 Å². The van der Waals surface area contributed by atoms with Gasteiger partial charge in [0, 0.05) is 27.9 Å². The molecule has 1 spiro atoms. The highest BCUT2D eigenvalue weighted by atomic mass is 35.5. The Kier molecular flexibility index (Phi) is 2.66. The molecule has 1 aromatic heterocycles. The van der Waals surface area contributed by atoms with E-state index in [0.29, 0.717) is 11.5 Å². The molecular formula is C17H14ClNO2. The second-order valence-corrected chi connectivity index (χ2v) is 5.62. The number of aromatic nitrogens is 1. The number of benzene rings is 1. The number of fused-ring (bicyclic) bond motifs is 3. The number of methoxy groups -OCH3 is 1. The zero-order chi connectivity index (χ0) is 14.4. The second-order valence-electron chi connectivity index (χ2n) is 5.24. The molecule has 1 unspecified atom stereocenters. The number of aromatic amines is 1. The van der Waals surface area contributed by atoms with Crippen LogP contribution in [0.25, 0.3) is 22.0 Å². The molecule has 4 rings (SSSR count). The maximum atomic E-state index is 6.72. The SMILES string of the molecule is COc1ccc2[nH]c3c(c2c1)=C(Cl)C1(C=CC=CO1)CC=3. The van der Waals surface area contributed by atoms with Crippen molar-refractivity contribution in [3.63, 3.8) is 0 Å². The number of H-pyrrole nitrogens is 1. The van der Waals surface area contributed by atoms with Crippen LogP contribution in [-0.4, -0.2) is 17.7 Å². The summed E-state index contributed by atoms with van der Waals surface area (Å²) in [5.74, 6) is 0.813. The van der Waals surface area contributed by atoms with E-state index in [0.717, 1.165) is 27.2 Å². The van der Waals surface area contributed by atoms with Gasteiger partial charge in [-0.25, -0.2) is 0 Å². The van der Waals surface area contributed by atoms with E-state index in [1.54, 1.807) is 13.4 Å². The summed E-state index contributed by atoms with van der Waals surface area (Å²) in [5.41, 5.74) is 0.462. The highest BCUT2D eigenvalue weighted by Crippen LogP contribution is 2.35. The summed E-state index contributed by atoms with van der Waals surface area (Å²) in [7, 11) is 1.66. The molecule has 4 heteroatoms. The Morgan fingerprint density at radius 2 is 2.24 bits per heavy atom. The molecule has 2 heterocycles. The van der Waals surface area contributed by atoms with Crippen molar-refractivity contribution < 1.29 is 9.47 Å². The molecule has 0 radical (unpaired) electrons. The fourth-order valence-electron chi connectivity index (χ4n) is 2.96. The van der Waals surface area contributed by atoms with Crippen LogP contribution >= 0.6 is 11.6 Å². The highest BCUT2D eigenvalue weighted by molar-refractivity contribution is 6.47. The van der Waals surface area contributed by atoms with E-state index >= 15 is 0 Å². The van der Waals surface area contributed by atoms with Gasteiger partial charge in [-0.3, -0.25) is 0 Å². The molecule has 3 nitrogen and oxygen atoms in total. The van der Waals surface area contributed by atoms with Gasteiger partial charge in [0.1, 0.15) is 5.75 Å². The highest BCUT2D eigenvalue weighted by Gasteiger charge is 2.35. The van der Waals surface area contributed by atoms with Crippen LogP contribution in [0, 0.1) is 0 Å². The lowest BCUT2D eigenvalue weighted by molar-refractivity contribution is 0.128. The molecular weight excluding hydrogens is 286 g/mol. The van der Waals surface area contributed by atoms with Crippen molar-refractivity contribution >= 4 is 33.6 Å². The fraction of sp³-hybridized carbons (Fsp3) is 0.176. The topological polar surface area (TPSA) is 34.2 Å². The van der Waals surface area contributed by atoms with E-state index in [2.05, 4.69) is 11.1 Å². The molecule has 1 aliphatic carbocycles. The first-order valence-corrected chi connectivity index (χ1v) is 7.20. The fourth-order valence-corrected chi connectivity index (χ4v) is 3.35. The summed E-state index contributed by atoms with van der Waals surface area (Å²) >= 11 is 6.72. The lowest BCUT2D eigenvalue weighted by Crippen LogP contribution is -2.41. The Morgan fingerprint density at radius 1 is 1.33 bits per heavy atom. The molecule has 1 aliphatic heterocycles. The number of allylic oxidation sites excluding steroid dienone is 2. The van der Waals surface area contributed by atoms with Crippen LogP contribution in [0.4, 0.5) is 0 Å². The Bertz CT molecular complexity index is 907. The first kappa shape index (κ1) is 12.6.